The molecule has 2 aromatic rings. The van der Waals surface area contributed by atoms with Crippen LogP contribution in [0.3, 0.4) is 0 Å². The standard InChI is InChI=1S/C24H30N4O2/c1-26(2)23(30)24(20-8-4-3-5-9-20)12-16-27(17-13-24)21-11-10-19(18-25-21)22(29)28-14-6-7-15-28/h3-5,8-11,18H,6-7,12-17H2,1-2H3. The summed E-state index contributed by atoms with van der Waals surface area (Å²) in [5.74, 6) is 1.10. The van der Waals surface area contributed by atoms with E-state index in [4.69, 9.17) is 0 Å². The van der Waals surface area contributed by atoms with Gasteiger partial charge in [-0.2, -0.15) is 0 Å². The molecule has 2 fully saturated rings. The molecule has 0 unspecified atom stereocenters. The van der Waals surface area contributed by atoms with Gasteiger partial charge in [0.25, 0.3) is 5.91 Å². The van der Waals surface area contributed by atoms with Gasteiger partial charge in [-0.25, -0.2) is 4.98 Å². The summed E-state index contributed by atoms with van der Waals surface area (Å²) >= 11 is 0. The second-order valence-electron chi connectivity index (χ2n) is 8.54. The molecule has 1 aromatic carbocycles. The predicted octanol–water partition coefficient (Wildman–Crippen LogP) is 2.94. The quantitative estimate of drug-likeness (QED) is 0.783. The zero-order chi connectivity index (χ0) is 21.1. The molecule has 30 heavy (non-hydrogen) atoms. The number of amides is 2. The van der Waals surface area contributed by atoms with Crippen LogP contribution in [0.15, 0.2) is 48.7 Å². The summed E-state index contributed by atoms with van der Waals surface area (Å²) in [5.41, 5.74) is 1.24. The third-order valence-electron chi connectivity index (χ3n) is 6.47. The molecule has 2 aliphatic rings. The molecule has 6 nitrogen and oxygen atoms in total. The van der Waals surface area contributed by atoms with Crippen LogP contribution in [0.2, 0.25) is 0 Å². The number of benzene rings is 1. The van der Waals surface area contributed by atoms with Crippen molar-refractivity contribution >= 4 is 17.6 Å². The Hall–Kier alpha value is -2.89. The molecule has 0 aliphatic carbocycles. The molecule has 0 spiro atoms. The Balaban J connectivity index is 1.49. The highest BCUT2D eigenvalue weighted by atomic mass is 16.2. The highest BCUT2D eigenvalue weighted by Crippen LogP contribution is 2.38. The van der Waals surface area contributed by atoms with Crippen molar-refractivity contribution in [1.29, 1.82) is 0 Å². The van der Waals surface area contributed by atoms with E-state index < -0.39 is 5.41 Å². The normalized spacial score (nSPS) is 18.3. The lowest BCUT2D eigenvalue weighted by atomic mass is 9.71. The minimum atomic E-state index is -0.493. The molecule has 2 amide bonds. The number of likely N-dealkylation sites (N-methyl/N-ethyl adjacent to an activating group) is 1. The molecule has 3 heterocycles. The van der Waals surface area contributed by atoms with Gasteiger partial charge >= 0.3 is 0 Å². The van der Waals surface area contributed by atoms with Gasteiger partial charge in [-0.15, -0.1) is 0 Å². The Morgan fingerprint density at radius 1 is 0.933 bits per heavy atom. The third kappa shape index (κ3) is 3.78. The van der Waals surface area contributed by atoms with Gasteiger partial charge in [-0.1, -0.05) is 30.3 Å². The maximum absolute atomic E-state index is 13.2. The zero-order valence-electron chi connectivity index (χ0n) is 17.9. The number of carbonyl (C=O) groups is 2. The van der Waals surface area contributed by atoms with Gasteiger partial charge in [0.2, 0.25) is 5.91 Å². The second kappa shape index (κ2) is 8.46. The molecule has 1 aromatic heterocycles. The number of aromatic nitrogens is 1. The number of pyridine rings is 1. The molecule has 0 saturated carbocycles. The maximum atomic E-state index is 13.2. The SMILES string of the molecule is CN(C)C(=O)C1(c2ccccc2)CCN(c2ccc(C(=O)N3CCCC3)cn2)CC1. The van der Waals surface area contributed by atoms with E-state index in [2.05, 4.69) is 22.0 Å². The first kappa shape index (κ1) is 20.4. The average molecular weight is 407 g/mol. The van der Waals surface area contributed by atoms with Crippen LogP contribution in [0.25, 0.3) is 0 Å². The molecule has 4 rings (SSSR count). The van der Waals surface area contributed by atoms with Gasteiger partial charge in [0.05, 0.1) is 11.0 Å². The van der Waals surface area contributed by atoms with Gasteiger partial charge in [-0.3, -0.25) is 9.59 Å². The molecular weight excluding hydrogens is 376 g/mol. The molecule has 0 atom stereocenters. The Morgan fingerprint density at radius 2 is 1.60 bits per heavy atom. The average Bonchev–Trinajstić information content (AvgIpc) is 3.34. The third-order valence-corrected chi connectivity index (χ3v) is 6.47. The lowest BCUT2D eigenvalue weighted by molar-refractivity contribution is -0.135. The number of hydrogen-bond donors (Lipinski definition) is 0. The topological polar surface area (TPSA) is 56.8 Å². The number of anilines is 1. The van der Waals surface area contributed by atoms with E-state index in [0.717, 1.165) is 63.2 Å². The second-order valence-corrected chi connectivity index (χ2v) is 8.54. The van der Waals surface area contributed by atoms with Crippen LogP contribution in [0, 0.1) is 0 Å². The monoisotopic (exact) mass is 406 g/mol. The van der Waals surface area contributed by atoms with Gasteiger partial charge in [0.15, 0.2) is 0 Å². The minimum absolute atomic E-state index is 0.0740. The fraction of sp³-hybridized carbons (Fsp3) is 0.458. The summed E-state index contributed by atoms with van der Waals surface area (Å²) in [4.78, 5) is 36.1. The van der Waals surface area contributed by atoms with E-state index in [1.54, 1.807) is 11.1 Å². The Morgan fingerprint density at radius 3 is 2.17 bits per heavy atom. The van der Waals surface area contributed by atoms with Gasteiger partial charge in [0, 0.05) is 46.5 Å². The van der Waals surface area contributed by atoms with E-state index in [-0.39, 0.29) is 11.8 Å². The van der Waals surface area contributed by atoms with Crippen molar-refractivity contribution in [3.8, 4) is 0 Å². The number of hydrogen-bond acceptors (Lipinski definition) is 4. The Labute approximate surface area is 178 Å². The highest BCUT2D eigenvalue weighted by molar-refractivity contribution is 5.94. The van der Waals surface area contributed by atoms with Crippen LogP contribution < -0.4 is 4.90 Å². The number of likely N-dealkylation sites (tertiary alicyclic amines) is 1. The molecule has 0 radical (unpaired) electrons. The summed E-state index contributed by atoms with van der Waals surface area (Å²) < 4.78 is 0. The van der Waals surface area contributed by atoms with E-state index >= 15 is 0 Å². The number of piperidine rings is 1. The van der Waals surface area contributed by atoms with E-state index in [0.29, 0.717) is 5.56 Å². The van der Waals surface area contributed by atoms with E-state index in [1.165, 1.54) is 0 Å². The van der Waals surface area contributed by atoms with Gasteiger partial charge in [-0.05, 0) is 43.4 Å². The van der Waals surface area contributed by atoms with Crippen LogP contribution in [0.5, 0.6) is 0 Å². The van der Waals surface area contributed by atoms with Crippen molar-refractivity contribution in [3.05, 3.63) is 59.8 Å². The fourth-order valence-corrected chi connectivity index (χ4v) is 4.73. The number of rotatable bonds is 4. The Kier molecular flexibility index (Phi) is 5.75. The Bertz CT molecular complexity index is 881. The van der Waals surface area contributed by atoms with Gasteiger partial charge < -0.3 is 14.7 Å². The molecule has 158 valence electrons. The van der Waals surface area contributed by atoms with Gasteiger partial charge in [0.1, 0.15) is 5.82 Å². The minimum Gasteiger partial charge on any atom is -0.357 e. The van der Waals surface area contributed by atoms with Crippen LogP contribution >= 0.6 is 0 Å². The van der Waals surface area contributed by atoms with Crippen molar-refractivity contribution in [2.24, 2.45) is 0 Å². The number of carbonyl (C=O) groups excluding carboxylic acids is 2. The van der Waals surface area contributed by atoms with Crippen LogP contribution in [-0.2, 0) is 10.2 Å². The summed E-state index contributed by atoms with van der Waals surface area (Å²) in [7, 11) is 3.66. The van der Waals surface area contributed by atoms with E-state index in [9.17, 15) is 9.59 Å². The zero-order valence-corrected chi connectivity index (χ0v) is 17.9. The molecule has 0 N–H and O–H groups in total. The van der Waals surface area contributed by atoms with Crippen molar-refractivity contribution < 1.29 is 9.59 Å². The molecule has 6 heteroatoms. The first-order valence-corrected chi connectivity index (χ1v) is 10.8. The first-order chi connectivity index (χ1) is 14.5. The maximum Gasteiger partial charge on any atom is 0.255 e. The van der Waals surface area contributed by atoms with E-state index in [1.807, 2.05) is 49.3 Å². The van der Waals surface area contributed by atoms with Crippen molar-refractivity contribution in [2.75, 3.05) is 45.2 Å². The summed E-state index contributed by atoms with van der Waals surface area (Å²) in [6, 6.07) is 13.9. The van der Waals surface area contributed by atoms with Crippen LogP contribution in [0.4, 0.5) is 5.82 Å². The van der Waals surface area contributed by atoms with Crippen LogP contribution in [-0.4, -0.2) is 66.9 Å². The number of nitrogens with zero attached hydrogens (tertiary/aromatic N) is 4. The summed E-state index contributed by atoms with van der Waals surface area (Å²) in [6.07, 6.45) is 5.34. The summed E-state index contributed by atoms with van der Waals surface area (Å²) in [6.45, 7) is 3.18. The molecule has 0 bridgehead atoms. The van der Waals surface area contributed by atoms with Crippen molar-refractivity contribution in [3.63, 3.8) is 0 Å². The largest absolute Gasteiger partial charge is 0.357 e. The molecule has 2 aliphatic heterocycles. The van der Waals surface area contributed by atoms with Crippen LogP contribution in [0.1, 0.15) is 41.6 Å². The summed E-state index contributed by atoms with van der Waals surface area (Å²) in [5, 5.41) is 0. The lowest BCUT2D eigenvalue weighted by Gasteiger charge is -2.42. The first-order valence-electron chi connectivity index (χ1n) is 10.8. The van der Waals surface area contributed by atoms with Crippen molar-refractivity contribution in [1.82, 2.24) is 14.8 Å². The highest BCUT2D eigenvalue weighted by Gasteiger charge is 2.43. The lowest BCUT2D eigenvalue weighted by Crippen LogP contribution is -2.51. The molecule has 2 saturated heterocycles. The predicted molar refractivity (Wildman–Crippen MR) is 118 cm³/mol. The fourth-order valence-electron chi connectivity index (χ4n) is 4.73. The van der Waals surface area contributed by atoms with Crippen molar-refractivity contribution in [2.45, 2.75) is 31.1 Å². The smallest absolute Gasteiger partial charge is 0.255 e. The molecular formula is C24H30N4O2.